The summed E-state index contributed by atoms with van der Waals surface area (Å²) >= 11 is 0. The van der Waals surface area contributed by atoms with E-state index in [-0.39, 0.29) is 17.6 Å². The summed E-state index contributed by atoms with van der Waals surface area (Å²) in [5.74, 6) is -0.320. The van der Waals surface area contributed by atoms with Crippen LogP contribution in [0.2, 0.25) is 0 Å². The van der Waals surface area contributed by atoms with Gasteiger partial charge in [-0.25, -0.2) is 0 Å². The lowest BCUT2D eigenvalue weighted by Crippen LogP contribution is -2.21. The summed E-state index contributed by atoms with van der Waals surface area (Å²) in [5.41, 5.74) is 10.3. The first-order valence-corrected chi connectivity index (χ1v) is 10.7. The van der Waals surface area contributed by atoms with Gasteiger partial charge in [0.05, 0.1) is 24.0 Å². The van der Waals surface area contributed by atoms with E-state index in [1.165, 1.54) is 25.1 Å². The number of ketones is 1. The van der Waals surface area contributed by atoms with Gasteiger partial charge in [0.15, 0.2) is 5.78 Å². The summed E-state index contributed by atoms with van der Waals surface area (Å²) in [6, 6.07) is 15.2. The van der Waals surface area contributed by atoms with E-state index < -0.39 is 6.36 Å². The van der Waals surface area contributed by atoms with Crippen LogP contribution in [-0.4, -0.2) is 36.0 Å². The van der Waals surface area contributed by atoms with Crippen molar-refractivity contribution in [2.24, 2.45) is 10.7 Å². The number of aliphatic imine (C=N–C) groups is 1. The van der Waals surface area contributed by atoms with Crippen LogP contribution < -0.4 is 10.5 Å². The predicted molar refractivity (Wildman–Crippen MR) is 122 cm³/mol. The highest BCUT2D eigenvalue weighted by Crippen LogP contribution is 2.40. The molecule has 172 valence electrons. The van der Waals surface area contributed by atoms with E-state index in [1.54, 1.807) is 24.4 Å². The number of rotatable bonds is 7. The van der Waals surface area contributed by atoms with Crippen LogP contribution in [0, 0.1) is 0 Å². The molecule has 0 fully saturated rings. The Hall–Kier alpha value is -3.39. The molecular weight excluding hydrogens is 431 g/mol. The Morgan fingerprint density at radius 1 is 1.15 bits per heavy atom. The highest BCUT2D eigenvalue weighted by molar-refractivity contribution is 5.95. The summed E-state index contributed by atoms with van der Waals surface area (Å²) in [7, 11) is 0. The number of hydrogen-bond acceptors (Lipinski definition) is 4. The number of halogens is 3. The van der Waals surface area contributed by atoms with Gasteiger partial charge < -0.3 is 15.0 Å². The zero-order valence-corrected chi connectivity index (χ0v) is 18.1. The molecule has 2 heterocycles. The van der Waals surface area contributed by atoms with Crippen molar-refractivity contribution < 1.29 is 22.7 Å². The second-order valence-corrected chi connectivity index (χ2v) is 7.99. The number of alkyl halides is 3. The molecule has 2 N–H and O–H groups in total. The molecule has 2 aromatic carbocycles. The van der Waals surface area contributed by atoms with Gasteiger partial charge in [-0.1, -0.05) is 36.4 Å². The van der Waals surface area contributed by atoms with Crippen LogP contribution in [0.25, 0.3) is 22.4 Å². The molecule has 3 aromatic rings. The van der Waals surface area contributed by atoms with E-state index in [4.69, 9.17) is 5.73 Å². The summed E-state index contributed by atoms with van der Waals surface area (Å²) < 4.78 is 44.7. The van der Waals surface area contributed by atoms with Gasteiger partial charge in [0.1, 0.15) is 5.75 Å². The molecule has 33 heavy (non-hydrogen) atoms. The normalized spacial score (nSPS) is 15.4. The molecule has 0 saturated carbocycles. The number of aromatic nitrogens is 1. The van der Waals surface area contributed by atoms with Crippen molar-refractivity contribution >= 4 is 12.0 Å². The molecule has 0 spiro atoms. The molecule has 0 radical (unpaired) electrons. The molecule has 1 aromatic heterocycles. The Balaban J connectivity index is 1.88. The van der Waals surface area contributed by atoms with Gasteiger partial charge in [-0.15, -0.1) is 13.2 Å². The van der Waals surface area contributed by atoms with Crippen molar-refractivity contribution in [1.29, 1.82) is 0 Å². The molecule has 0 bridgehead atoms. The molecule has 0 saturated heterocycles. The third kappa shape index (κ3) is 5.01. The van der Waals surface area contributed by atoms with Crippen molar-refractivity contribution in [3.05, 3.63) is 65.9 Å². The first-order valence-electron chi connectivity index (χ1n) is 10.7. The lowest BCUT2D eigenvalue weighted by atomic mass is 9.99. The standard InChI is InChI=1S/C25H24F3N3O2/c1-16(32)17-7-9-18(10-8-17)24-23(19-4-2-6-22(12-19)33-25(26,27)28)13-21-15-30-14-20(31(21)24)5-3-11-29/h2,4,6-10,12-13,15,20H,3,5,11,14,29H2,1H3/t20-/m0/s1. The summed E-state index contributed by atoms with van der Waals surface area (Å²) in [6.07, 6.45) is -1.34. The van der Waals surface area contributed by atoms with Gasteiger partial charge in [0, 0.05) is 17.3 Å². The summed E-state index contributed by atoms with van der Waals surface area (Å²) in [5, 5.41) is 0. The predicted octanol–water partition coefficient (Wildman–Crippen LogP) is 5.64. The average molecular weight is 455 g/mol. The average Bonchev–Trinajstić information content (AvgIpc) is 3.17. The topological polar surface area (TPSA) is 69.6 Å². The van der Waals surface area contributed by atoms with Crippen LogP contribution in [-0.2, 0) is 0 Å². The van der Waals surface area contributed by atoms with E-state index in [9.17, 15) is 18.0 Å². The lowest BCUT2D eigenvalue weighted by molar-refractivity contribution is -0.274. The van der Waals surface area contributed by atoms with Crippen molar-refractivity contribution in [3.63, 3.8) is 0 Å². The maximum atomic E-state index is 12.8. The number of fused-ring (bicyclic) bond motifs is 1. The number of Topliss-reactive ketones (excluding diaryl/α,β-unsaturated/α-hetero) is 1. The minimum absolute atomic E-state index is 0.0380. The Kier molecular flexibility index (Phi) is 6.37. The van der Waals surface area contributed by atoms with Gasteiger partial charge in [-0.2, -0.15) is 0 Å². The first kappa shape index (κ1) is 22.8. The fourth-order valence-electron chi connectivity index (χ4n) is 4.20. The van der Waals surface area contributed by atoms with E-state index >= 15 is 0 Å². The van der Waals surface area contributed by atoms with Crippen LogP contribution in [0.5, 0.6) is 5.75 Å². The van der Waals surface area contributed by atoms with Crippen molar-refractivity contribution in [2.75, 3.05) is 13.1 Å². The fraction of sp³-hybridized carbons (Fsp3) is 0.280. The molecule has 0 aliphatic carbocycles. The van der Waals surface area contributed by atoms with Crippen molar-refractivity contribution in [1.82, 2.24) is 4.57 Å². The zero-order chi connectivity index (χ0) is 23.6. The lowest BCUT2D eigenvalue weighted by Gasteiger charge is -2.25. The molecule has 1 aliphatic rings. The highest BCUT2D eigenvalue weighted by Gasteiger charge is 2.31. The second-order valence-electron chi connectivity index (χ2n) is 7.99. The minimum Gasteiger partial charge on any atom is -0.406 e. The zero-order valence-electron chi connectivity index (χ0n) is 18.1. The Bertz CT molecular complexity index is 1180. The maximum absolute atomic E-state index is 12.8. The molecule has 1 aliphatic heterocycles. The van der Waals surface area contributed by atoms with Gasteiger partial charge in [-0.05, 0) is 55.6 Å². The number of nitrogens with zero attached hydrogens (tertiary/aromatic N) is 2. The number of hydrogen-bond donors (Lipinski definition) is 1. The number of benzene rings is 2. The molecular formula is C25H24F3N3O2. The molecule has 1 atom stereocenters. The second kappa shape index (κ2) is 9.23. The van der Waals surface area contributed by atoms with Crippen LogP contribution >= 0.6 is 0 Å². The van der Waals surface area contributed by atoms with E-state index in [0.29, 0.717) is 24.2 Å². The number of nitrogens with two attached hydrogens (primary N) is 1. The number of carbonyl (C=O) groups is 1. The summed E-state index contributed by atoms with van der Waals surface area (Å²) in [4.78, 5) is 16.2. The van der Waals surface area contributed by atoms with Crippen LogP contribution in [0.15, 0.2) is 59.6 Å². The third-order valence-corrected chi connectivity index (χ3v) is 5.66. The molecule has 8 heteroatoms. The van der Waals surface area contributed by atoms with Crippen LogP contribution in [0.3, 0.4) is 0 Å². The monoisotopic (exact) mass is 455 g/mol. The van der Waals surface area contributed by atoms with E-state index in [0.717, 1.165) is 35.4 Å². The minimum atomic E-state index is -4.77. The smallest absolute Gasteiger partial charge is 0.406 e. The van der Waals surface area contributed by atoms with Crippen LogP contribution in [0.1, 0.15) is 41.9 Å². The first-order chi connectivity index (χ1) is 15.8. The van der Waals surface area contributed by atoms with Gasteiger partial charge in [0.2, 0.25) is 0 Å². The number of carbonyl (C=O) groups excluding carboxylic acids is 1. The molecule has 0 unspecified atom stereocenters. The Morgan fingerprint density at radius 3 is 2.58 bits per heavy atom. The highest BCUT2D eigenvalue weighted by atomic mass is 19.4. The van der Waals surface area contributed by atoms with Crippen LogP contribution in [0.4, 0.5) is 13.2 Å². The maximum Gasteiger partial charge on any atom is 0.573 e. The van der Waals surface area contributed by atoms with E-state index in [2.05, 4.69) is 14.3 Å². The molecule has 0 amide bonds. The quantitative estimate of drug-likeness (QED) is 0.469. The van der Waals surface area contributed by atoms with E-state index in [1.807, 2.05) is 18.2 Å². The fourth-order valence-corrected chi connectivity index (χ4v) is 4.20. The van der Waals surface area contributed by atoms with Gasteiger partial charge in [-0.3, -0.25) is 9.79 Å². The largest absolute Gasteiger partial charge is 0.573 e. The van der Waals surface area contributed by atoms with Crippen molar-refractivity contribution in [2.45, 2.75) is 32.2 Å². The van der Waals surface area contributed by atoms with Crippen molar-refractivity contribution in [3.8, 4) is 28.1 Å². The molecule has 4 rings (SSSR count). The third-order valence-electron chi connectivity index (χ3n) is 5.66. The molecule has 5 nitrogen and oxygen atoms in total. The Morgan fingerprint density at radius 2 is 1.91 bits per heavy atom. The van der Waals surface area contributed by atoms with Gasteiger partial charge >= 0.3 is 6.36 Å². The SMILES string of the molecule is CC(=O)c1ccc(-c2c(-c3cccc(OC(F)(F)F)c3)cc3n2[C@@H](CCCN)CN=C3)cc1. The summed E-state index contributed by atoms with van der Waals surface area (Å²) in [6.45, 7) is 2.66. The van der Waals surface area contributed by atoms with Gasteiger partial charge in [0.25, 0.3) is 0 Å². The Labute approximate surface area is 189 Å². The number of ether oxygens (including phenoxy) is 1.